The number of esters is 1. The maximum atomic E-state index is 11.7. The molecule has 0 atom stereocenters. The highest BCUT2D eigenvalue weighted by Crippen LogP contribution is 2.24. The number of benzene rings is 1. The Kier molecular flexibility index (Phi) is 3.19. The van der Waals surface area contributed by atoms with Crippen LogP contribution in [0.1, 0.15) is 40.3 Å². The van der Waals surface area contributed by atoms with Gasteiger partial charge in [-0.1, -0.05) is 13.0 Å². The van der Waals surface area contributed by atoms with Crippen LogP contribution in [0.15, 0.2) is 18.2 Å². The van der Waals surface area contributed by atoms with E-state index in [-0.39, 0.29) is 11.8 Å². The van der Waals surface area contributed by atoms with Crippen molar-refractivity contribution in [3.8, 4) is 0 Å². The molecular formula is C14H15NO3. The lowest BCUT2D eigenvalue weighted by molar-refractivity contribution is 0.0600. The smallest absolute Gasteiger partial charge is 0.337 e. The second kappa shape index (κ2) is 4.64. The van der Waals surface area contributed by atoms with E-state index in [4.69, 9.17) is 0 Å². The number of carbonyl (C=O) groups excluding carboxylic acids is 2. The summed E-state index contributed by atoms with van der Waals surface area (Å²) < 4.78 is 4.68. The first-order valence-corrected chi connectivity index (χ1v) is 5.82. The van der Waals surface area contributed by atoms with E-state index < -0.39 is 0 Å². The minimum atomic E-state index is -0.381. The number of carbonyl (C=O) groups is 2. The van der Waals surface area contributed by atoms with Gasteiger partial charge in [0.25, 0.3) is 0 Å². The fourth-order valence-electron chi connectivity index (χ4n) is 2.17. The van der Waals surface area contributed by atoms with Gasteiger partial charge in [-0.3, -0.25) is 4.79 Å². The summed E-state index contributed by atoms with van der Waals surface area (Å²) in [4.78, 5) is 26.3. The van der Waals surface area contributed by atoms with Crippen molar-refractivity contribution in [2.75, 3.05) is 7.11 Å². The van der Waals surface area contributed by atoms with E-state index in [0.29, 0.717) is 11.1 Å². The minimum absolute atomic E-state index is 0.0314. The van der Waals surface area contributed by atoms with Crippen LogP contribution in [0, 0.1) is 0 Å². The first kappa shape index (κ1) is 12.4. The summed E-state index contributed by atoms with van der Waals surface area (Å²) in [5.74, 6) is -0.349. The normalized spacial score (nSPS) is 10.6. The van der Waals surface area contributed by atoms with Crippen LogP contribution < -0.4 is 0 Å². The molecule has 0 aliphatic heterocycles. The SMILES string of the molecule is CCc1[nH]c2cc(C(=O)OC)ccc2c1C(C)=O. The fourth-order valence-corrected chi connectivity index (χ4v) is 2.17. The Morgan fingerprint density at radius 1 is 1.33 bits per heavy atom. The monoisotopic (exact) mass is 245 g/mol. The first-order valence-electron chi connectivity index (χ1n) is 5.82. The van der Waals surface area contributed by atoms with E-state index in [0.717, 1.165) is 23.0 Å². The lowest BCUT2D eigenvalue weighted by atomic mass is 10.0. The number of fused-ring (bicyclic) bond motifs is 1. The Bertz CT molecular complexity index is 625. The molecule has 2 aromatic rings. The second-order valence-electron chi connectivity index (χ2n) is 4.14. The van der Waals surface area contributed by atoms with Crippen LogP contribution in [0.3, 0.4) is 0 Å². The third kappa shape index (κ3) is 1.90. The van der Waals surface area contributed by atoms with Crippen LogP contribution >= 0.6 is 0 Å². The largest absolute Gasteiger partial charge is 0.465 e. The molecule has 94 valence electrons. The van der Waals surface area contributed by atoms with Crippen molar-refractivity contribution in [1.29, 1.82) is 0 Å². The lowest BCUT2D eigenvalue weighted by Gasteiger charge is -1.99. The molecule has 4 heteroatoms. The zero-order chi connectivity index (χ0) is 13.3. The molecule has 0 saturated carbocycles. The topological polar surface area (TPSA) is 59.2 Å². The maximum Gasteiger partial charge on any atom is 0.337 e. The Balaban J connectivity index is 2.66. The van der Waals surface area contributed by atoms with Crippen molar-refractivity contribution < 1.29 is 14.3 Å². The number of methoxy groups -OCH3 is 1. The van der Waals surface area contributed by atoms with Crippen LogP contribution in [0.25, 0.3) is 10.9 Å². The van der Waals surface area contributed by atoms with E-state index in [1.54, 1.807) is 25.1 Å². The van der Waals surface area contributed by atoms with Crippen molar-refractivity contribution in [2.45, 2.75) is 20.3 Å². The van der Waals surface area contributed by atoms with Crippen LogP contribution in [0.2, 0.25) is 0 Å². The summed E-state index contributed by atoms with van der Waals surface area (Å²) in [6.45, 7) is 3.54. The molecule has 0 bridgehead atoms. The van der Waals surface area contributed by atoms with E-state index in [1.165, 1.54) is 7.11 Å². The Labute approximate surface area is 105 Å². The van der Waals surface area contributed by atoms with Gasteiger partial charge in [-0.25, -0.2) is 4.79 Å². The molecular weight excluding hydrogens is 230 g/mol. The number of rotatable bonds is 3. The molecule has 0 radical (unpaired) electrons. The van der Waals surface area contributed by atoms with Gasteiger partial charge in [-0.2, -0.15) is 0 Å². The number of hydrogen-bond acceptors (Lipinski definition) is 3. The molecule has 0 fully saturated rings. The summed E-state index contributed by atoms with van der Waals surface area (Å²) in [6, 6.07) is 5.18. The molecule has 0 amide bonds. The van der Waals surface area contributed by atoms with Gasteiger partial charge in [-0.15, -0.1) is 0 Å². The number of ketones is 1. The Morgan fingerprint density at radius 3 is 2.61 bits per heavy atom. The van der Waals surface area contributed by atoms with Gasteiger partial charge in [0.15, 0.2) is 5.78 Å². The molecule has 1 heterocycles. The third-order valence-electron chi connectivity index (χ3n) is 3.00. The van der Waals surface area contributed by atoms with Gasteiger partial charge in [0, 0.05) is 22.2 Å². The van der Waals surface area contributed by atoms with Crippen molar-refractivity contribution in [3.05, 3.63) is 35.0 Å². The highest BCUT2D eigenvalue weighted by atomic mass is 16.5. The van der Waals surface area contributed by atoms with Gasteiger partial charge in [-0.05, 0) is 25.5 Å². The van der Waals surface area contributed by atoms with Gasteiger partial charge in [0.1, 0.15) is 0 Å². The Morgan fingerprint density at radius 2 is 2.06 bits per heavy atom. The quantitative estimate of drug-likeness (QED) is 0.668. The highest BCUT2D eigenvalue weighted by Gasteiger charge is 2.15. The van der Waals surface area contributed by atoms with Crippen molar-refractivity contribution in [1.82, 2.24) is 4.98 Å². The maximum absolute atomic E-state index is 11.7. The van der Waals surface area contributed by atoms with Gasteiger partial charge in [0.05, 0.1) is 12.7 Å². The predicted molar refractivity (Wildman–Crippen MR) is 69.0 cm³/mol. The second-order valence-corrected chi connectivity index (χ2v) is 4.14. The summed E-state index contributed by atoms with van der Waals surface area (Å²) in [6.07, 6.45) is 0.747. The third-order valence-corrected chi connectivity index (χ3v) is 3.00. The lowest BCUT2D eigenvalue weighted by Crippen LogP contribution is -2.00. The number of aromatic nitrogens is 1. The highest BCUT2D eigenvalue weighted by molar-refractivity contribution is 6.09. The zero-order valence-electron chi connectivity index (χ0n) is 10.7. The molecule has 4 nitrogen and oxygen atoms in total. The Hall–Kier alpha value is -2.10. The average molecular weight is 245 g/mol. The summed E-state index contributed by atoms with van der Waals surface area (Å²) in [5.41, 5.74) is 2.88. The fraction of sp³-hybridized carbons (Fsp3) is 0.286. The molecule has 2 rings (SSSR count). The van der Waals surface area contributed by atoms with Crippen LogP contribution in [-0.4, -0.2) is 23.8 Å². The molecule has 1 aromatic heterocycles. The van der Waals surface area contributed by atoms with Crippen molar-refractivity contribution in [3.63, 3.8) is 0 Å². The number of aryl methyl sites for hydroxylation is 1. The van der Waals surface area contributed by atoms with Gasteiger partial charge >= 0.3 is 5.97 Å². The standard InChI is InChI=1S/C14H15NO3/c1-4-11-13(8(2)16)10-6-5-9(14(17)18-3)7-12(10)15-11/h5-7,15H,4H2,1-3H3. The molecule has 0 saturated heterocycles. The summed E-state index contributed by atoms with van der Waals surface area (Å²) in [7, 11) is 1.35. The number of ether oxygens (including phenoxy) is 1. The van der Waals surface area contributed by atoms with Crippen molar-refractivity contribution >= 4 is 22.7 Å². The predicted octanol–water partition coefficient (Wildman–Crippen LogP) is 2.72. The zero-order valence-corrected chi connectivity index (χ0v) is 10.7. The van der Waals surface area contributed by atoms with Crippen molar-refractivity contribution in [2.24, 2.45) is 0 Å². The van der Waals surface area contributed by atoms with E-state index in [9.17, 15) is 9.59 Å². The minimum Gasteiger partial charge on any atom is -0.465 e. The molecule has 0 unspecified atom stereocenters. The van der Waals surface area contributed by atoms with Crippen LogP contribution in [0.5, 0.6) is 0 Å². The molecule has 18 heavy (non-hydrogen) atoms. The van der Waals surface area contributed by atoms with E-state index in [2.05, 4.69) is 9.72 Å². The average Bonchev–Trinajstić information content (AvgIpc) is 2.74. The first-order chi connectivity index (χ1) is 8.58. The summed E-state index contributed by atoms with van der Waals surface area (Å²) in [5, 5.41) is 0.854. The summed E-state index contributed by atoms with van der Waals surface area (Å²) >= 11 is 0. The number of aromatic amines is 1. The number of nitrogens with one attached hydrogen (secondary N) is 1. The molecule has 0 aliphatic carbocycles. The van der Waals surface area contributed by atoms with E-state index in [1.807, 2.05) is 6.92 Å². The number of hydrogen-bond donors (Lipinski definition) is 1. The van der Waals surface area contributed by atoms with Gasteiger partial charge in [0.2, 0.25) is 0 Å². The van der Waals surface area contributed by atoms with E-state index >= 15 is 0 Å². The van der Waals surface area contributed by atoms with Crippen LogP contribution in [0.4, 0.5) is 0 Å². The molecule has 1 aromatic carbocycles. The molecule has 0 spiro atoms. The van der Waals surface area contributed by atoms with Gasteiger partial charge < -0.3 is 9.72 Å². The van der Waals surface area contributed by atoms with Crippen LogP contribution in [-0.2, 0) is 11.2 Å². The molecule has 1 N–H and O–H groups in total. The number of Topliss-reactive ketones (excluding diaryl/α,β-unsaturated/α-hetero) is 1. The molecule has 0 aliphatic rings. The number of H-pyrrole nitrogens is 1.